The van der Waals surface area contributed by atoms with Gasteiger partial charge in [-0.2, -0.15) is 0 Å². The second-order valence-corrected chi connectivity index (χ2v) is 5.54. The molecule has 5 heteroatoms. The molecule has 2 aromatic carbocycles. The van der Waals surface area contributed by atoms with Crippen LogP contribution in [0.3, 0.4) is 0 Å². The molecule has 3 nitrogen and oxygen atoms in total. The SMILES string of the molecule is CC(NC(=O)NCc1ccccc1Cl)c1cccc(Cl)c1. The number of hydrogen-bond donors (Lipinski definition) is 2. The highest BCUT2D eigenvalue weighted by atomic mass is 35.5. The van der Waals surface area contributed by atoms with E-state index < -0.39 is 0 Å². The first-order chi connectivity index (χ1) is 10.1. The molecule has 0 fully saturated rings. The Labute approximate surface area is 134 Å². The first-order valence-corrected chi connectivity index (χ1v) is 7.35. The van der Waals surface area contributed by atoms with E-state index in [1.807, 2.05) is 43.3 Å². The summed E-state index contributed by atoms with van der Waals surface area (Å²) in [5, 5.41) is 6.94. The largest absolute Gasteiger partial charge is 0.334 e. The van der Waals surface area contributed by atoms with Crippen molar-refractivity contribution in [1.29, 1.82) is 0 Å². The molecule has 1 unspecified atom stereocenters. The first kappa shape index (κ1) is 15.7. The molecule has 0 aliphatic heterocycles. The number of hydrogen-bond acceptors (Lipinski definition) is 1. The Hall–Kier alpha value is -1.71. The van der Waals surface area contributed by atoms with Crippen LogP contribution in [-0.2, 0) is 6.54 Å². The third-order valence-corrected chi connectivity index (χ3v) is 3.70. The van der Waals surface area contributed by atoms with Crippen LogP contribution in [-0.4, -0.2) is 6.03 Å². The first-order valence-electron chi connectivity index (χ1n) is 6.59. The van der Waals surface area contributed by atoms with Gasteiger partial charge < -0.3 is 10.6 Å². The number of benzene rings is 2. The van der Waals surface area contributed by atoms with Crippen LogP contribution in [0.2, 0.25) is 10.0 Å². The van der Waals surface area contributed by atoms with E-state index in [0.29, 0.717) is 16.6 Å². The predicted molar refractivity (Wildman–Crippen MR) is 86.7 cm³/mol. The summed E-state index contributed by atoms with van der Waals surface area (Å²) in [6, 6.07) is 14.5. The van der Waals surface area contributed by atoms with Gasteiger partial charge in [0.25, 0.3) is 0 Å². The van der Waals surface area contributed by atoms with Gasteiger partial charge in [0.1, 0.15) is 0 Å². The molecule has 0 aromatic heterocycles. The normalized spacial score (nSPS) is 11.8. The van der Waals surface area contributed by atoms with E-state index in [-0.39, 0.29) is 12.1 Å². The van der Waals surface area contributed by atoms with Crippen LogP contribution < -0.4 is 10.6 Å². The van der Waals surface area contributed by atoms with E-state index in [1.54, 1.807) is 12.1 Å². The molecule has 0 spiro atoms. The minimum Gasteiger partial charge on any atom is -0.334 e. The van der Waals surface area contributed by atoms with Gasteiger partial charge in [-0.05, 0) is 36.2 Å². The summed E-state index contributed by atoms with van der Waals surface area (Å²) in [5.41, 5.74) is 1.83. The van der Waals surface area contributed by atoms with Crippen molar-refractivity contribution < 1.29 is 4.79 Å². The van der Waals surface area contributed by atoms with Crippen LogP contribution in [0, 0.1) is 0 Å². The molecule has 2 amide bonds. The summed E-state index contributed by atoms with van der Waals surface area (Å²) >= 11 is 12.0. The molecule has 0 aliphatic carbocycles. The van der Waals surface area contributed by atoms with E-state index in [4.69, 9.17) is 23.2 Å². The highest BCUT2D eigenvalue weighted by Gasteiger charge is 2.10. The summed E-state index contributed by atoms with van der Waals surface area (Å²) in [6.45, 7) is 2.29. The quantitative estimate of drug-likeness (QED) is 0.851. The second-order valence-electron chi connectivity index (χ2n) is 4.70. The van der Waals surface area contributed by atoms with Crippen LogP contribution in [0.25, 0.3) is 0 Å². The molecule has 1 atom stereocenters. The van der Waals surface area contributed by atoms with Crippen molar-refractivity contribution in [2.45, 2.75) is 19.5 Å². The smallest absolute Gasteiger partial charge is 0.315 e. The van der Waals surface area contributed by atoms with Gasteiger partial charge in [0, 0.05) is 16.6 Å². The molecule has 2 aromatic rings. The zero-order valence-electron chi connectivity index (χ0n) is 11.6. The molecule has 0 saturated heterocycles. The Morgan fingerprint density at radius 2 is 1.90 bits per heavy atom. The van der Waals surface area contributed by atoms with Crippen LogP contribution in [0.15, 0.2) is 48.5 Å². The predicted octanol–water partition coefficient (Wildman–Crippen LogP) is 4.55. The topological polar surface area (TPSA) is 41.1 Å². The average Bonchev–Trinajstić information content (AvgIpc) is 2.46. The van der Waals surface area contributed by atoms with Crippen molar-refractivity contribution in [3.63, 3.8) is 0 Å². The van der Waals surface area contributed by atoms with Gasteiger partial charge in [0.2, 0.25) is 0 Å². The molecule has 0 radical (unpaired) electrons. The van der Waals surface area contributed by atoms with E-state index in [9.17, 15) is 4.79 Å². The standard InChI is InChI=1S/C16H16Cl2N2O/c1-11(12-6-4-7-14(17)9-12)20-16(21)19-10-13-5-2-3-8-15(13)18/h2-9,11H,10H2,1H3,(H2,19,20,21). The Kier molecular flexibility index (Phi) is 5.48. The molecular weight excluding hydrogens is 307 g/mol. The summed E-state index contributed by atoms with van der Waals surface area (Å²) in [7, 11) is 0. The zero-order chi connectivity index (χ0) is 15.2. The Balaban J connectivity index is 1.89. The summed E-state index contributed by atoms with van der Waals surface area (Å²) in [5.74, 6) is 0. The van der Waals surface area contributed by atoms with Gasteiger partial charge in [-0.15, -0.1) is 0 Å². The van der Waals surface area contributed by atoms with E-state index in [0.717, 1.165) is 11.1 Å². The monoisotopic (exact) mass is 322 g/mol. The van der Waals surface area contributed by atoms with Gasteiger partial charge in [-0.25, -0.2) is 4.79 Å². The number of nitrogens with one attached hydrogen (secondary N) is 2. The molecule has 0 bridgehead atoms. The maximum atomic E-state index is 11.9. The van der Waals surface area contributed by atoms with Crippen LogP contribution in [0.5, 0.6) is 0 Å². The third-order valence-electron chi connectivity index (χ3n) is 3.09. The fourth-order valence-electron chi connectivity index (χ4n) is 1.92. The molecule has 110 valence electrons. The van der Waals surface area contributed by atoms with Crippen molar-refractivity contribution in [3.05, 3.63) is 69.7 Å². The van der Waals surface area contributed by atoms with Crippen molar-refractivity contribution >= 4 is 29.2 Å². The van der Waals surface area contributed by atoms with Gasteiger partial charge in [-0.3, -0.25) is 0 Å². The maximum Gasteiger partial charge on any atom is 0.315 e. The summed E-state index contributed by atoms with van der Waals surface area (Å²) in [4.78, 5) is 11.9. The molecule has 2 N–H and O–H groups in total. The molecular formula is C16H16Cl2N2O. The van der Waals surface area contributed by atoms with Gasteiger partial charge >= 0.3 is 6.03 Å². The second kappa shape index (κ2) is 7.34. The highest BCUT2D eigenvalue weighted by molar-refractivity contribution is 6.31. The molecule has 21 heavy (non-hydrogen) atoms. The van der Waals surface area contributed by atoms with Gasteiger partial charge in [0.15, 0.2) is 0 Å². The van der Waals surface area contributed by atoms with E-state index in [1.165, 1.54) is 0 Å². The molecule has 0 heterocycles. The Morgan fingerprint density at radius 3 is 2.62 bits per heavy atom. The number of carbonyl (C=O) groups is 1. The van der Waals surface area contributed by atoms with Gasteiger partial charge in [0.05, 0.1) is 6.04 Å². The number of rotatable bonds is 4. The lowest BCUT2D eigenvalue weighted by molar-refractivity contribution is 0.237. The summed E-state index contributed by atoms with van der Waals surface area (Å²) in [6.07, 6.45) is 0. The summed E-state index contributed by atoms with van der Waals surface area (Å²) < 4.78 is 0. The van der Waals surface area contributed by atoms with Crippen LogP contribution in [0.1, 0.15) is 24.1 Å². The fraction of sp³-hybridized carbons (Fsp3) is 0.188. The zero-order valence-corrected chi connectivity index (χ0v) is 13.1. The lowest BCUT2D eigenvalue weighted by Crippen LogP contribution is -2.36. The maximum absolute atomic E-state index is 11.9. The number of amides is 2. The van der Waals surface area contributed by atoms with Gasteiger partial charge in [-0.1, -0.05) is 53.5 Å². The van der Waals surface area contributed by atoms with Crippen molar-refractivity contribution in [2.75, 3.05) is 0 Å². The van der Waals surface area contributed by atoms with Crippen LogP contribution >= 0.6 is 23.2 Å². The molecule has 2 rings (SSSR count). The van der Waals surface area contributed by atoms with Crippen LogP contribution in [0.4, 0.5) is 4.79 Å². The highest BCUT2D eigenvalue weighted by Crippen LogP contribution is 2.17. The number of halogens is 2. The Morgan fingerprint density at radius 1 is 1.14 bits per heavy atom. The van der Waals surface area contributed by atoms with E-state index >= 15 is 0 Å². The lowest BCUT2D eigenvalue weighted by atomic mass is 10.1. The Bertz CT molecular complexity index is 631. The third kappa shape index (κ3) is 4.66. The minimum absolute atomic E-state index is 0.130. The number of carbonyl (C=O) groups excluding carboxylic acids is 1. The van der Waals surface area contributed by atoms with E-state index in [2.05, 4.69) is 10.6 Å². The van der Waals surface area contributed by atoms with Crippen molar-refractivity contribution in [1.82, 2.24) is 10.6 Å². The van der Waals surface area contributed by atoms with Crippen molar-refractivity contribution in [2.24, 2.45) is 0 Å². The number of urea groups is 1. The molecule has 0 saturated carbocycles. The molecule has 0 aliphatic rings. The van der Waals surface area contributed by atoms with Crippen molar-refractivity contribution in [3.8, 4) is 0 Å². The minimum atomic E-state index is -0.248. The lowest BCUT2D eigenvalue weighted by Gasteiger charge is -2.15. The average molecular weight is 323 g/mol. The fourth-order valence-corrected chi connectivity index (χ4v) is 2.33.